The first kappa shape index (κ1) is 15.7. The molecular weight excluding hydrogens is 224 g/mol. The third-order valence-corrected chi connectivity index (χ3v) is 6.47. The van der Waals surface area contributed by atoms with Crippen molar-refractivity contribution in [3.8, 4) is 0 Å². The Balaban J connectivity index is 4.84. The van der Waals surface area contributed by atoms with Crippen LogP contribution in [0.3, 0.4) is 0 Å². The maximum atomic E-state index is 9.23. The van der Waals surface area contributed by atoms with Gasteiger partial charge in [-0.15, -0.1) is 0 Å². The molecule has 0 aliphatic carbocycles. The molecule has 3 nitrogen and oxygen atoms in total. The second-order valence-corrected chi connectivity index (χ2v) is 7.48. The molecule has 0 atom stereocenters. The zero-order chi connectivity index (χ0) is 12.7. The molecule has 0 fully saturated rings. The minimum Gasteiger partial charge on any atom is -0.396 e. The summed E-state index contributed by atoms with van der Waals surface area (Å²) in [7, 11) is -1.09. The van der Waals surface area contributed by atoms with Gasteiger partial charge in [-0.25, -0.2) is 0 Å². The van der Waals surface area contributed by atoms with E-state index in [0.717, 1.165) is 5.75 Å². The third-order valence-electron chi connectivity index (χ3n) is 3.18. The monoisotopic (exact) mass is 248 g/mol. The highest BCUT2D eigenvalue weighted by Crippen LogP contribution is 2.31. The summed E-state index contributed by atoms with van der Waals surface area (Å²) < 4.78 is 0. The molecule has 16 heavy (non-hydrogen) atoms. The molecule has 0 saturated heterocycles. The van der Waals surface area contributed by atoms with Gasteiger partial charge in [-0.1, -0.05) is 17.3 Å². The van der Waals surface area contributed by atoms with Gasteiger partial charge in [0, 0.05) is 5.41 Å². The number of rotatable bonds is 7. The highest BCUT2D eigenvalue weighted by molar-refractivity contribution is 8.31. The lowest BCUT2D eigenvalue weighted by Crippen LogP contribution is -2.34. The topological polar surface area (TPSA) is 60.7 Å². The summed E-state index contributed by atoms with van der Waals surface area (Å²) in [4.78, 5) is 0. The van der Waals surface area contributed by atoms with E-state index in [2.05, 4.69) is 17.3 Å². The molecule has 0 aromatic heterocycles. The van der Waals surface area contributed by atoms with E-state index < -0.39 is 14.6 Å². The van der Waals surface area contributed by atoms with E-state index in [-0.39, 0.29) is 19.8 Å². The van der Waals surface area contributed by atoms with Crippen molar-refractivity contribution in [1.29, 1.82) is 0 Å². The molecule has 0 amide bonds. The fourth-order valence-corrected chi connectivity index (χ4v) is 3.51. The van der Waals surface area contributed by atoms with E-state index >= 15 is 0 Å². The van der Waals surface area contributed by atoms with E-state index in [1.165, 1.54) is 0 Å². The number of aliphatic hydroxyl groups excluding tert-OH is 3. The third kappa shape index (κ3) is 3.63. The minimum absolute atomic E-state index is 0.194. The second kappa shape index (κ2) is 7.12. The Hall–Kier alpha value is -0.290. The number of aliphatic hydroxyl groups is 3. The normalized spacial score (nSPS) is 12.3. The Morgan fingerprint density at radius 2 is 1.50 bits per heavy atom. The molecular formula is C12H24O3S. The zero-order valence-corrected chi connectivity index (χ0v) is 11.0. The Bertz CT molecular complexity index is 299. The van der Waals surface area contributed by atoms with E-state index in [1.807, 2.05) is 19.3 Å². The largest absolute Gasteiger partial charge is 0.396 e. The second-order valence-electron chi connectivity index (χ2n) is 3.97. The molecule has 0 spiro atoms. The molecule has 0 saturated carbocycles. The molecule has 0 unspecified atom stereocenters. The van der Waals surface area contributed by atoms with E-state index in [9.17, 15) is 15.3 Å². The molecule has 0 aliphatic rings. The predicted molar refractivity (Wildman–Crippen MR) is 74.4 cm³/mol. The van der Waals surface area contributed by atoms with Crippen molar-refractivity contribution < 1.29 is 15.3 Å². The summed E-state index contributed by atoms with van der Waals surface area (Å²) in [5, 5.41) is 33.9. The maximum Gasteiger partial charge on any atom is 0.0531 e. The molecule has 0 aliphatic heterocycles. The van der Waals surface area contributed by atoms with Gasteiger partial charge in [0.15, 0.2) is 0 Å². The molecule has 3 N–H and O–H groups in total. The first-order chi connectivity index (χ1) is 7.57. The molecule has 0 aromatic rings. The lowest BCUT2D eigenvalue weighted by Gasteiger charge is -2.29. The SMILES string of the molecule is C=CS(=CC)(=CC)CCC(CO)(CO)CO. The van der Waals surface area contributed by atoms with Crippen molar-refractivity contribution in [3.63, 3.8) is 0 Å². The highest BCUT2D eigenvalue weighted by Gasteiger charge is 2.27. The Morgan fingerprint density at radius 3 is 1.75 bits per heavy atom. The molecule has 0 rings (SSSR count). The van der Waals surface area contributed by atoms with Crippen molar-refractivity contribution in [2.45, 2.75) is 20.3 Å². The van der Waals surface area contributed by atoms with Gasteiger partial charge in [-0.05, 0) is 31.4 Å². The van der Waals surface area contributed by atoms with Gasteiger partial charge in [0.25, 0.3) is 0 Å². The van der Waals surface area contributed by atoms with Crippen molar-refractivity contribution >= 4 is 19.9 Å². The van der Waals surface area contributed by atoms with Crippen molar-refractivity contribution in [1.82, 2.24) is 0 Å². The van der Waals surface area contributed by atoms with Crippen LogP contribution in [0.5, 0.6) is 0 Å². The van der Waals surface area contributed by atoms with Gasteiger partial charge < -0.3 is 15.3 Å². The first-order valence-electron chi connectivity index (χ1n) is 5.42. The molecule has 4 heteroatoms. The predicted octanol–water partition coefficient (Wildman–Crippen LogP) is 0.932. The van der Waals surface area contributed by atoms with Gasteiger partial charge in [-0.3, -0.25) is 0 Å². The summed E-state index contributed by atoms with van der Waals surface area (Å²) in [5.74, 6) is 0.811. The van der Waals surface area contributed by atoms with Crippen LogP contribution in [0.25, 0.3) is 0 Å². The molecule has 0 bridgehead atoms. The molecule has 0 heterocycles. The lowest BCUT2D eigenvalue weighted by atomic mass is 9.88. The fourth-order valence-electron chi connectivity index (χ4n) is 1.43. The highest BCUT2D eigenvalue weighted by atomic mass is 32.2. The lowest BCUT2D eigenvalue weighted by molar-refractivity contribution is 0.00388. The van der Waals surface area contributed by atoms with Gasteiger partial charge in [0.2, 0.25) is 0 Å². The summed E-state index contributed by atoms with van der Waals surface area (Å²) >= 11 is 0. The van der Waals surface area contributed by atoms with Gasteiger partial charge in [0.1, 0.15) is 0 Å². The summed E-state index contributed by atoms with van der Waals surface area (Å²) in [6.07, 6.45) is 0.590. The number of hydrogen-bond acceptors (Lipinski definition) is 3. The Kier molecular flexibility index (Phi) is 6.99. The summed E-state index contributed by atoms with van der Waals surface area (Å²) in [6, 6.07) is 0. The van der Waals surface area contributed by atoms with Gasteiger partial charge in [-0.2, -0.15) is 9.21 Å². The van der Waals surface area contributed by atoms with Gasteiger partial charge >= 0.3 is 0 Å². The van der Waals surface area contributed by atoms with Crippen LogP contribution in [0.4, 0.5) is 0 Å². The summed E-state index contributed by atoms with van der Waals surface area (Å²) in [6.45, 7) is 7.25. The first-order valence-corrected chi connectivity index (χ1v) is 7.41. The minimum atomic E-state index is -1.09. The van der Waals surface area contributed by atoms with Crippen molar-refractivity contribution in [2.24, 2.45) is 5.41 Å². The van der Waals surface area contributed by atoms with Crippen LogP contribution in [-0.2, 0) is 0 Å². The maximum absolute atomic E-state index is 9.23. The zero-order valence-electron chi connectivity index (χ0n) is 10.2. The van der Waals surface area contributed by atoms with Crippen LogP contribution >= 0.6 is 9.21 Å². The van der Waals surface area contributed by atoms with Crippen LogP contribution in [0, 0.1) is 5.41 Å². The van der Waals surface area contributed by atoms with Crippen molar-refractivity contribution in [3.05, 3.63) is 12.0 Å². The summed E-state index contributed by atoms with van der Waals surface area (Å²) in [5.41, 5.74) is -0.771. The standard InChI is InChI=1S/C12H24O3S/c1-4-16(5-2,6-3)8-7-12(9-13,10-14)11-15/h4-6,13-15H,1,7-11H2,2-3H3. The molecule has 96 valence electrons. The van der Waals surface area contributed by atoms with E-state index in [0.29, 0.717) is 6.42 Å². The van der Waals surface area contributed by atoms with Crippen LogP contribution in [-0.4, -0.2) is 51.6 Å². The van der Waals surface area contributed by atoms with Crippen LogP contribution in [0.1, 0.15) is 20.3 Å². The van der Waals surface area contributed by atoms with Crippen LogP contribution < -0.4 is 0 Å². The fraction of sp³-hybridized carbons (Fsp3) is 0.667. The van der Waals surface area contributed by atoms with Crippen LogP contribution in [0.15, 0.2) is 12.0 Å². The molecule has 0 radical (unpaired) electrons. The average Bonchev–Trinajstić information content (AvgIpc) is 2.37. The average molecular weight is 248 g/mol. The molecule has 0 aromatic carbocycles. The van der Waals surface area contributed by atoms with Crippen LogP contribution in [0.2, 0.25) is 0 Å². The quantitative estimate of drug-likeness (QED) is 0.587. The van der Waals surface area contributed by atoms with Crippen molar-refractivity contribution in [2.75, 3.05) is 25.6 Å². The Labute approximate surface area is 98.9 Å². The number of hydrogen-bond donors (Lipinski definition) is 3. The smallest absolute Gasteiger partial charge is 0.0531 e. The Morgan fingerprint density at radius 1 is 1.06 bits per heavy atom. The van der Waals surface area contributed by atoms with E-state index in [1.54, 1.807) is 0 Å². The van der Waals surface area contributed by atoms with E-state index in [4.69, 9.17) is 0 Å². The van der Waals surface area contributed by atoms with Gasteiger partial charge in [0.05, 0.1) is 19.8 Å².